The molecule has 0 radical (unpaired) electrons. The summed E-state index contributed by atoms with van der Waals surface area (Å²) in [5.74, 6) is 1.19. The molecule has 102 valence electrons. The van der Waals surface area contributed by atoms with Gasteiger partial charge in [0.05, 0.1) is 6.61 Å². The highest BCUT2D eigenvalue weighted by Gasteiger charge is 1.99. The van der Waals surface area contributed by atoms with Gasteiger partial charge in [0.2, 0.25) is 0 Å². The summed E-state index contributed by atoms with van der Waals surface area (Å²) in [5, 5.41) is 0. The molecule has 3 heteroatoms. The lowest BCUT2D eigenvalue weighted by molar-refractivity contribution is -0.137. The predicted octanol–water partition coefficient (Wildman–Crippen LogP) is 3.75. The van der Waals surface area contributed by atoms with Gasteiger partial charge in [0.1, 0.15) is 11.5 Å². The van der Waals surface area contributed by atoms with E-state index in [9.17, 15) is 4.79 Å². The monoisotopic (exact) mass is 268 g/mol. The highest BCUT2D eigenvalue weighted by Crippen LogP contribution is 2.21. The zero-order chi connectivity index (χ0) is 14.2. The average Bonchev–Trinajstić information content (AvgIpc) is 2.50. The molecule has 0 amide bonds. The number of hydrogen-bond acceptors (Lipinski definition) is 3. The lowest BCUT2D eigenvalue weighted by Gasteiger charge is -2.07. The quantitative estimate of drug-likeness (QED) is 0.591. The first-order valence-electron chi connectivity index (χ1n) is 6.39. The van der Waals surface area contributed by atoms with E-state index in [2.05, 4.69) is 6.58 Å². The van der Waals surface area contributed by atoms with Gasteiger partial charge in [0.15, 0.2) is 0 Å². The summed E-state index contributed by atoms with van der Waals surface area (Å²) in [6.07, 6.45) is 1.84. The Morgan fingerprint density at radius 1 is 1.00 bits per heavy atom. The second kappa shape index (κ2) is 7.14. The van der Waals surface area contributed by atoms with Crippen LogP contribution in [-0.2, 0) is 16.0 Å². The van der Waals surface area contributed by atoms with E-state index in [4.69, 9.17) is 9.47 Å². The minimum Gasteiger partial charge on any atom is -0.462 e. The molecular formula is C17H16O3. The second-order valence-corrected chi connectivity index (χ2v) is 4.18. The van der Waals surface area contributed by atoms with Crippen LogP contribution in [0.3, 0.4) is 0 Å². The number of para-hydroxylation sites is 1. The van der Waals surface area contributed by atoms with Gasteiger partial charge >= 0.3 is 5.97 Å². The lowest BCUT2D eigenvalue weighted by atomic mass is 10.1. The molecule has 0 saturated heterocycles. The molecule has 0 aliphatic carbocycles. The van der Waals surface area contributed by atoms with Crippen LogP contribution < -0.4 is 4.74 Å². The van der Waals surface area contributed by atoms with Gasteiger partial charge in [-0.2, -0.15) is 0 Å². The van der Waals surface area contributed by atoms with Crippen LogP contribution in [0.4, 0.5) is 0 Å². The molecule has 0 fully saturated rings. The summed E-state index contributed by atoms with van der Waals surface area (Å²) in [6, 6.07) is 17.3. The van der Waals surface area contributed by atoms with Crippen molar-refractivity contribution >= 4 is 5.97 Å². The molecule has 0 saturated carbocycles. The number of carbonyl (C=O) groups is 1. The van der Waals surface area contributed by atoms with Crippen LogP contribution in [-0.4, -0.2) is 12.6 Å². The maximum Gasteiger partial charge on any atom is 0.330 e. The van der Waals surface area contributed by atoms with Gasteiger partial charge in [0.25, 0.3) is 0 Å². The van der Waals surface area contributed by atoms with Crippen molar-refractivity contribution in [3.8, 4) is 11.5 Å². The summed E-state index contributed by atoms with van der Waals surface area (Å²) in [6.45, 7) is 3.70. The number of esters is 1. The Bertz CT molecular complexity index is 559. The first-order valence-corrected chi connectivity index (χ1v) is 6.39. The molecule has 2 aromatic rings. The van der Waals surface area contributed by atoms with Crippen molar-refractivity contribution < 1.29 is 14.3 Å². The van der Waals surface area contributed by atoms with Crippen LogP contribution in [0, 0.1) is 0 Å². The van der Waals surface area contributed by atoms with E-state index in [1.807, 2.05) is 54.6 Å². The van der Waals surface area contributed by atoms with Crippen molar-refractivity contribution in [3.05, 3.63) is 72.8 Å². The molecule has 2 rings (SSSR count). The second-order valence-electron chi connectivity index (χ2n) is 4.18. The van der Waals surface area contributed by atoms with Gasteiger partial charge in [-0.1, -0.05) is 36.9 Å². The van der Waals surface area contributed by atoms with E-state index in [1.54, 1.807) is 0 Å². The molecule has 0 aliphatic heterocycles. The molecular weight excluding hydrogens is 252 g/mol. The molecule has 0 heterocycles. The molecule has 2 aromatic carbocycles. The molecule has 0 atom stereocenters. The smallest absolute Gasteiger partial charge is 0.330 e. The maximum atomic E-state index is 10.9. The van der Waals surface area contributed by atoms with E-state index in [-0.39, 0.29) is 0 Å². The van der Waals surface area contributed by atoms with Crippen molar-refractivity contribution in [1.82, 2.24) is 0 Å². The first kappa shape index (κ1) is 13.9. The Morgan fingerprint density at radius 2 is 1.65 bits per heavy atom. The average molecular weight is 268 g/mol. The van der Waals surface area contributed by atoms with Crippen LogP contribution in [0.5, 0.6) is 11.5 Å². The third kappa shape index (κ3) is 4.28. The fourth-order valence-corrected chi connectivity index (χ4v) is 1.68. The molecule has 20 heavy (non-hydrogen) atoms. The Labute approximate surface area is 118 Å². The van der Waals surface area contributed by atoms with Crippen LogP contribution in [0.15, 0.2) is 67.3 Å². The molecule has 0 bridgehead atoms. The predicted molar refractivity (Wildman–Crippen MR) is 77.8 cm³/mol. The molecule has 0 N–H and O–H groups in total. The lowest BCUT2D eigenvalue weighted by Crippen LogP contribution is -2.04. The van der Waals surface area contributed by atoms with Crippen molar-refractivity contribution in [2.45, 2.75) is 6.42 Å². The van der Waals surface area contributed by atoms with Gasteiger partial charge < -0.3 is 9.47 Å². The highest BCUT2D eigenvalue weighted by atomic mass is 16.5. The minimum absolute atomic E-state index is 0.351. The zero-order valence-corrected chi connectivity index (χ0v) is 11.1. The van der Waals surface area contributed by atoms with E-state index in [0.717, 1.165) is 23.1 Å². The number of benzene rings is 2. The Hall–Kier alpha value is -2.55. The van der Waals surface area contributed by atoms with Gasteiger partial charge in [-0.3, -0.25) is 0 Å². The van der Waals surface area contributed by atoms with Crippen LogP contribution in [0.1, 0.15) is 5.56 Å². The van der Waals surface area contributed by atoms with E-state index in [1.165, 1.54) is 0 Å². The van der Waals surface area contributed by atoms with Crippen LogP contribution in [0.25, 0.3) is 0 Å². The topological polar surface area (TPSA) is 35.5 Å². The third-order valence-corrected chi connectivity index (χ3v) is 2.70. The maximum absolute atomic E-state index is 10.9. The number of carbonyl (C=O) groups excluding carboxylic acids is 1. The van der Waals surface area contributed by atoms with E-state index >= 15 is 0 Å². The van der Waals surface area contributed by atoms with Crippen molar-refractivity contribution in [2.24, 2.45) is 0 Å². The normalized spacial score (nSPS) is 9.80. The summed E-state index contributed by atoms with van der Waals surface area (Å²) >= 11 is 0. The van der Waals surface area contributed by atoms with E-state index < -0.39 is 5.97 Å². The fraction of sp³-hybridized carbons (Fsp3) is 0.118. The molecule has 3 nitrogen and oxygen atoms in total. The van der Waals surface area contributed by atoms with Gasteiger partial charge in [-0.05, 0) is 29.8 Å². The summed E-state index contributed by atoms with van der Waals surface area (Å²) in [4.78, 5) is 10.9. The van der Waals surface area contributed by atoms with Crippen molar-refractivity contribution in [1.29, 1.82) is 0 Å². The SMILES string of the molecule is C=CC(=O)OCCc1ccc(Oc2ccccc2)cc1. The number of hydrogen-bond donors (Lipinski definition) is 0. The van der Waals surface area contributed by atoms with Gasteiger partial charge in [0, 0.05) is 12.5 Å². The van der Waals surface area contributed by atoms with Crippen molar-refractivity contribution in [2.75, 3.05) is 6.61 Å². The Kier molecular flexibility index (Phi) is 4.95. The standard InChI is InChI=1S/C17H16O3/c1-2-17(18)19-13-12-14-8-10-16(11-9-14)20-15-6-4-3-5-7-15/h2-11H,1,12-13H2. The van der Waals surface area contributed by atoms with Gasteiger partial charge in [-0.15, -0.1) is 0 Å². The summed E-state index contributed by atoms with van der Waals surface area (Å²) in [7, 11) is 0. The highest BCUT2D eigenvalue weighted by molar-refractivity contribution is 5.81. The molecule has 0 aromatic heterocycles. The van der Waals surface area contributed by atoms with E-state index in [0.29, 0.717) is 13.0 Å². The molecule has 0 aliphatic rings. The molecule has 0 spiro atoms. The van der Waals surface area contributed by atoms with Gasteiger partial charge in [-0.25, -0.2) is 4.79 Å². The summed E-state index contributed by atoms with van der Waals surface area (Å²) in [5.41, 5.74) is 1.09. The number of rotatable bonds is 6. The third-order valence-electron chi connectivity index (χ3n) is 2.70. The Morgan fingerprint density at radius 3 is 2.30 bits per heavy atom. The minimum atomic E-state index is -0.394. The van der Waals surface area contributed by atoms with Crippen LogP contribution >= 0.6 is 0 Å². The first-order chi connectivity index (χ1) is 9.78. The van der Waals surface area contributed by atoms with Crippen LogP contribution in [0.2, 0.25) is 0 Å². The van der Waals surface area contributed by atoms with Crippen molar-refractivity contribution in [3.63, 3.8) is 0 Å². The number of ether oxygens (including phenoxy) is 2. The fourth-order valence-electron chi connectivity index (χ4n) is 1.68. The zero-order valence-electron chi connectivity index (χ0n) is 11.1. The largest absolute Gasteiger partial charge is 0.462 e. The molecule has 0 unspecified atom stereocenters. The summed E-state index contributed by atoms with van der Waals surface area (Å²) < 4.78 is 10.6. The Balaban J connectivity index is 1.86.